The summed E-state index contributed by atoms with van der Waals surface area (Å²) in [5.41, 5.74) is 2.31. The van der Waals surface area contributed by atoms with Crippen molar-refractivity contribution in [3.8, 4) is 5.75 Å². The first-order chi connectivity index (χ1) is 17.2. The average Bonchev–Trinajstić information content (AvgIpc) is 2.89. The van der Waals surface area contributed by atoms with Gasteiger partial charge in [0.15, 0.2) is 0 Å². The van der Waals surface area contributed by atoms with E-state index in [1.807, 2.05) is 55.5 Å². The van der Waals surface area contributed by atoms with Gasteiger partial charge in [-0.25, -0.2) is 13.1 Å². The predicted octanol–water partition coefficient (Wildman–Crippen LogP) is 5.01. The van der Waals surface area contributed by atoms with Crippen molar-refractivity contribution >= 4 is 26.7 Å². The minimum Gasteiger partial charge on any atom is -0.508 e. The van der Waals surface area contributed by atoms with E-state index < -0.39 is 27.2 Å². The molecule has 7 heteroatoms. The van der Waals surface area contributed by atoms with Crippen LogP contribution in [-0.2, 0) is 21.2 Å². The molecule has 0 aliphatic rings. The summed E-state index contributed by atoms with van der Waals surface area (Å²) in [6.45, 7) is 3.49. The van der Waals surface area contributed by atoms with Crippen molar-refractivity contribution < 1.29 is 18.3 Å². The number of phenols is 1. The molecule has 3 atom stereocenters. The number of aromatic hydroxyl groups is 1. The Morgan fingerprint density at radius 2 is 1.47 bits per heavy atom. The van der Waals surface area contributed by atoms with E-state index in [1.54, 1.807) is 43.3 Å². The van der Waals surface area contributed by atoms with Gasteiger partial charge in [-0.05, 0) is 59.9 Å². The molecule has 0 spiro atoms. The highest BCUT2D eigenvalue weighted by molar-refractivity contribution is 7.89. The minimum atomic E-state index is -3.88. The lowest BCUT2D eigenvalue weighted by atomic mass is 9.99. The van der Waals surface area contributed by atoms with Crippen molar-refractivity contribution in [2.24, 2.45) is 0 Å². The van der Waals surface area contributed by atoms with Crippen LogP contribution in [0.3, 0.4) is 0 Å². The molecule has 0 bridgehead atoms. The van der Waals surface area contributed by atoms with Crippen LogP contribution in [0, 0.1) is 0 Å². The zero-order valence-corrected chi connectivity index (χ0v) is 21.1. The van der Waals surface area contributed by atoms with Gasteiger partial charge in [0.25, 0.3) is 0 Å². The van der Waals surface area contributed by atoms with E-state index in [2.05, 4.69) is 10.0 Å². The number of rotatable bonds is 9. The smallest absolute Gasteiger partial charge is 0.238 e. The lowest BCUT2D eigenvalue weighted by Crippen LogP contribution is -2.49. The molecule has 4 aromatic rings. The number of sulfonamides is 1. The number of hydrogen-bond donors (Lipinski definition) is 3. The van der Waals surface area contributed by atoms with Gasteiger partial charge in [-0.2, -0.15) is 0 Å². The minimum absolute atomic E-state index is 0.0996. The van der Waals surface area contributed by atoms with Gasteiger partial charge in [0, 0.05) is 0 Å². The van der Waals surface area contributed by atoms with Crippen molar-refractivity contribution in [3.63, 3.8) is 0 Å². The summed E-state index contributed by atoms with van der Waals surface area (Å²) in [4.78, 5) is 13.5. The van der Waals surface area contributed by atoms with Crippen LogP contribution < -0.4 is 10.0 Å². The molecule has 6 nitrogen and oxygen atoms in total. The topological polar surface area (TPSA) is 95.5 Å². The Labute approximate surface area is 212 Å². The molecule has 1 unspecified atom stereocenters. The van der Waals surface area contributed by atoms with Crippen LogP contribution in [0.25, 0.3) is 10.8 Å². The molecule has 4 rings (SSSR count). The standard InChI is InChI=1S/C29H30N2O4S/c1-20(26-14-8-12-24-11-6-7-13-27(24)26)30-29(33)28(19-22-15-17-25(32)18-16-22)31-36(34,35)21(2)23-9-4-3-5-10-23/h3-18,20-21,28,31-32H,19H2,1-2H3,(H,30,33)/t20-,21?,28-/m0/s1. The number of carbonyl (C=O) groups excluding carboxylic acids is 1. The van der Waals surface area contributed by atoms with Crippen LogP contribution >= 0.6 is 0 Å². The van der Waals surface area contributed by atoms with Gasteiger partial charge >= 0.3 is 0 Å². The van der Waals surface area contributed by atoms with E-state index in [1.165, 1.54) is 12.1 Å². The molecular formula is C29H30N2O4S. The van der Waals surface area contributed by atoms with Crippen LogP contribution in [0.2, 0.25) is 0 Å². The third kappa shape index (κ3) is 5.93. The van der Waals surface area contributed by atoms with Crippen LogP contribution in [0.4, 0.5) is 0 Å². The molecule has 4 aromatic carbocycles. The van der Waals surface area contributed by atoms with Gasteiger partial charge < -0.3 is 10.4 Å². The third-order valence-corrected chi connectivity index (χ3v) is 8.20. The number of fused-ring (bicyclic) bond motifs is 1. The number of carbonyl (C=O) groups is 1. The molecule has 3 N–H and O–H groups in total. The third-order valence-electron chi connectivity index (χ3n) is 6.38. The number of hydrogen-bond acceptors (Lipinski definition) is 4. The molecule has 0 radical (unpaired) electrons. The zero-order valence-electron chi connectivity index (χ0n) is 20.3. The maximum Gasteiger partial charge on any atom is 0.238 e. The Bertz CT molecular complexity index is 1430. The number of benzene rings is 4. The molecule has 1 amide bonds. The molecule has 0 fully saturated rings. The Kier molecular flexibility index (Phi) is 7.72. The molecule has 0 aliphatic heterocycles. The van der Waals surface area contributed by atoms with E-state index in [4.69, 9.17) is 0 Å². The van der Waals surface area contributed by atoms with E-state index in [0.717, 1.165) is 21.9 Å². The van der Waals surface area contributed by atoms with Gasteiger partial charge in [0.1, 0.15) is 11.8 Å². The maximum absolute atomic E-state index is 13.5. The van der Waals surface area contributed by atoms with Crippen LogP contribution in [0.5, 0.6) is 5.75 Å². The van der Waals surface area contributed by atoms with E-state index in [9.17, 15) is 18.3 Å². The average molecular weight is 503 g/mol. The number of nitrogens with one attached hydrogen (secondary N) is 2. The molecule has 0 aromatic heterocycles. The van der Waals surface area contributed by atoms with Crippen molar-refractivity contribution in [1.82, 2.24) is 10.0 Å². The predicted molar refractivity (Wildman–Crippen MR) is 143 cm³/mol. The first kappa shape index (κ1) is 25.4. The summed E-state index contributed by atoms with van der Waals surface area (Å²) in [5.74, 6) is -0.324. The molecule has 0 aliphatic carbocycles. The lowest BCUT2D eigenvalue weighted by molar-refractivity contribution is -0.123. The van der Waals surface area contributed by atoms with Gasteiger partial charge in [0.2, 0.25) is 15.9 Å². The largest absolute Gasteiger partial charge is 0.508 e. The second-order valence-corrected chi connectivity index (χ2v) is 11.0. The Morgan fingerprint density at radius 1 is 0.833 bits per heavy atom. The van der Waals surface area contributed by atoms with Crippen LogP contribution in [0.15, 0.2) is 97.1 Å². The monoisotopic (exact) mass is 502 g/mol. The lowest BCUT2D eigenvalue weighted by Gasteiger charge is -2.24. The van der Waals surface area contributed by atoms with Crippen LogP contribution in [-0.4, -0.2) is 25.5 Å². The first-order valence-corrected chi connectivity index (χ1v) is 13.4. The maximum atomic E-state index is 13.5. The van der Waals surface area contributed by atoms with Crippen molar-refractivity contribution in [2.45, 2.75) is 37.6 Å². The zero-order chi connectivity index (χ0) is 25.7. The highest BCUT2D eigenvalue weighted by atomic mass is 32.2. The van der Waals surface area contributed by atoms with E-state index in [0.29, 0.717) is 5.56 Å². The Morgan fingerprint density at radius 3 is 2.19 bits per heavy atom. The first-order valence-electron chi connectivity index (χ1n) is 11.9. The molecule has 36 heavy (non-hydrogen) atoms. The molecule has 0 heterocycles. The summed E-state index contributed by atoms with van der Waals surface area (Å²) < 4.78 is 29.2. The van der Waals surface area contributed by atoms with Gasteiger partial charge in [-0.3, -0.25) is 4.79 Å². The van der Waals surface area contributed by atoms with Crippen LogP contribution in [0.1, 0.15) is 41.8 Å². The number of amides is 1. The van der Waals surface area contributed by atoms with Gasteiger partial charge in [-0.1, -0.05) is 84.9 Å². The normalized spacial score (nSPS) is 14.2. The fourth-order valence-corrected chi connectivity index (χ4v) is 5.59. The highest BCUT2D eigenvalue weighted by Gasteiger charge is 2.30. The Balaban J connectivity index is 1.59. The summed E-state index contributed by atoms with van der Waals surface area (Å²) in [5, 5.41) is 13.9. The quantitative estimate of drug-likeness (QED) is 0.300. The van der Waals surface area contributed by atoms with Crippen molar-refractivity contribution in [1.29, 1.82) is 0 Å². The van der Waals surface area contributed by atoms with Gasteiger partial charge in [0.05, 0.1) is 11.3 Å². The van der Waals surface area contributed by atoms with E-state index in [-0.39, 0.29) is 18.2 Å². The highest BCUT2D eigenvalue weighted by Crippen LogP contribution is 2.25. The number of phenolic OH excluding ortho intramolecular Hbond substituents is 1. The second kappa shape index (κ2) is 10.9. The van der Waals surface area contributed by atoms with Crippen molar-refractivity contribution in [2.75, 3.05) is 0 Å². The SMILES string of the molecule is CC(c1ccccc1)S(=O)(=O)N[C@@H](Cc1ccc(O)cc1)C(=O)N[C@@H](C)c1cccc2ccccc12. The van der Waals surface area contributed by atoms with Gasteiger partial charge in [-0.15, -0.1) is 0 Å². The molecule has 0 saturated heterocycles. The second-order valence-electron chi connectivity index (χ2n) is 8.94. The summed E-state index contributed by atoms with van der Waals surface area (Å²) in [7, 11) is -3.88. The Hall–Kier alpha value is -3.68. The molecule has 0 saturated carbocycles. The molecule has 186 valence electrons. The summed E-state index contributed by atoms with van der Waals surface area (Å²) >= 11 is 0. The molecular weight excluding hydrogens is 472 g/mol. The summed E-state index contributed by atoms with van der Waals surface area (Å²) in [6.07, 6.45) is 0.134. The fraction of sp³-hybridized carbons (Fsp3) is 0.207. The van der Waals surface area contributed by atoms with Crippen molar-refractivity contribution in [3.05, 3.63) is 114 Å². The summed E-state index contributed by atoms with van der Waals surface area (Å²) in [6, 6.07) is 27.8. The fourth-order valence-electron chi connectivity index (χ4n) is 4.28. The van der Waals surface area contributed by atoms with E-state index >= 15 is 0 Å².